The Hall–Kier alpha value is -2.45. The van der Waals surface area contributed by atoms with Gasteiger partial charge in [-0.1, -0.05) is 31.2 Å². The van der Waals surface area contributed by atoms with Crippen molar-refractivity contribution in [2.45, 2.75) is 13.3 Å². The second-order valence-electron chi connectivity index (χ2n) is 4.65. The number of hydrogen-bond acceptors (Lipinski definition) is 5. The highest BCUT2D eigenvalue weighted by atomic mass is 32.1. The van der Waals surface area contributed by atoms with Crippen LogP contribution in [-0.4, -0.2) is 16.7 Å². The summed E-state index contributed by atoms with van der Waals surface area (Å²) >= 11 is 1.44. The average molecular weight is 294 g/mol. The van der Waals surface area contributed by atoms with Crippen LogP contribution in [0.4, 0.5) is 5.82 Å². The van der Waals surface area contributed by atoms with Crippen LogP contribution in [0.2, 0.25) is 0 Å². The highest BCUT2D eigenvalue weighted by Gasteiger charge is 2.12. The normalized spacial score (nSPS) is 10.5. The molecule has 3 aromatic rings. The third kappa shape index (κ3) is 2.58. The number of aromatic nitrogens is 2. The number of benzene rings is 1. The maximum absolute atomic E-state index is 8.97. The smallest absolute Gasteiger partial charge is 0.156 e. The molecule has 4 nitrogen and oxygen atoms in total. The van der Waals surface area contributed by atoms with Gasteiger partial charge in [-0.15, -0.1) is 21.5 Å². The van der Waals surface area contributed by atoms with Crippen molar-refractivity contribution in [1.29, 1.82) is 5.26 Å². The van der Waals surface area contributed by atoms with Crippen LogP contribution >= 0.6 is 11.3 Å². The van der Waals surface area contributed by atoms with Crippen molar-refractivity contribution in [3.63, 3.8) is 0 Å². The van der Waals surface area contributed by atoms with Crippen LogP contribution in [0.5, 0.6) is 0 Å². The molecule has 104 valence electrons. The molecule has 0 aliphatic rings. The summed E-state index contributed by atoms with van der Waals surface area (Å²) in [4.78, 5) is 1.65. The van der Waals surface area contributed by atoms with Crippen LogP contribution in [0.1, 0.15) is 18.2 Å². The van der Waals surface area contributed by atoms with E-state index in [1.165, 1.54) is 11.3 Å². The van der Waals surface area contributed by atoms with Gasteiger partial charge in [-0.3, -0.25) is 0 Å². The first-order valence-electron chi connectivity index (χ1n) is 6.83. The lowest BCUT2D eigenvalue weighted by Crippen LogP contribution is -2.04. The first kappa shape index (κ1) is 13.5. The number of anilines is 1. The molecule has 2 aromatic heterocycles. The molecule has 21 heavy (non-hydrogen) atoms. The molecule has 0 radical (unpaired) electrons. The lowest BCUT2D eigenvalue weighted by molar-refractivity contribution is 0.953. The predicted octanol–water partition coefficient (Wildman–Crippen LogP) is 4.05. The Morgan fingerprint density at radius 3 is 2.67 bits per heavy atom. The summed E-state index contributed by atoms with van der Waals surface area (Å²) in [5.41, 5.74) is 0.833. The van der Waals surface area contributed by atoms with Crippen molar-refractivity contribution < 1.29 is 0 Å². The van der Waals surface area contributed by atoms with E-state index in [-0.39, 0.29) is 0 Å². The Balaban J connectivity index is 2.14. The summed E-state index contributed by atoms with van der Waals surface area (Å²) in [5.74, 6) is 0.813. The summed E-state index contributed by atoms with van der Waals surface area (Å²) in [6.45, 7) is 2.99. The van der Waals surface area contributed by atoms with Gasteiger partial charge in [0.2, 0.25) is 0 Å². The van der Waals surface area contributed by atoms with E-state index in [1.807, 2.05) is 36.4 Å². The summed E-state index contributed by atoms with van der Waals surface area (Å²) in [7, 11) is 0. The fourth-order valence-electron chi connectivity index (χ4n) is 2.19. The van der Waals surface area contributed by atoms with E-state index in [4.69, 9.17) is 5.26 Å². The van der Waals surface area contributed by atoms with Gasteiger partial charge in [0.25, 0.3) is 0 Å². The maximum Gasteiger partial charge on any atom is 0.156 e. The minimum absolute atomic E-state index is 0.684. The zero-order valence-corrected chi connectivity index (χ0v) is 12.4. The van der Waals surface area contributed by atoms with Crippen molar-refractivity contribution in [2.75, 3.05) is 11.9 Å². The second kappa shape index (κ2) is 5.90. The van der Waals surface area contributed by atoms with E-state index in [0.717, 1.165) is 40.1 Å². The Morgan fingerprint density at radius 1 is 1.14 bits per heavy atom. The van der Waals surface area contributed by atoms with Crippen LogP contribution in [0.25, 0.3) is 21.3 Å². The summed E-state index contributed by atoms with van der Waals surface area (Å²) < 4.78 is 0. The third-order valence-corrected chi connectivity index (χ3v) is 4.18. The number of nitrogens with one attached hydrogen (secondary N) is 1. The highest BCUT2D eigenvalue weighted by molar-refractivity contribution is 7.16. The van der Waals surface area contributed by atoms with Gasteiger partial charge in [0.15, 0.2) is 5.82 Å². The van der Waals surface area contributed by atoms with E-state index >= 15 is 0 Å². The Labute approximate surface area is 127 Å². The first-order valence-corrected chi connectivity index (χ1v) is 7.64. The molecule has 0 amide bonds. The lowest BCUT2D eigenvalue weighted by Gasteiger charge is -2.09. The van der Waals surface area contributed by atoms with Gasteiger partial charge in [0, 0.05) is 17.3 Å². The molecule has 0 saturated heterocycles. The second-order valence-corrected chi connectivity index (χ2v) is 5.73. The standard InChI is InChI=1S/C16H14N4S/c1-2-9-18-16-13-6-4-3-5-12(13)15(19-20-16)14-8-7-11(10-17)21-14/h3-8H,2,9H2,1H3,(H,18,20). The number of rotatable bonds is 4. The SMILES string of the molecule is CCCNc1nnc(-c2ccc(C#N)s2)c2ccccc12. The number of nitrogens with zero attached hydrogens (tertiary/aromatic N) is 3. The largest absolute Gasteiger partial charge is 0.368 e. The van der Waals surface area contributed by atoms with Gasteiger partial charge in [-0.25, -0.2) is 0 Å². The van der Waals surface area contributed by atoms with E-state index in [2.05, 4.69) is 28.5 Å². The van der Waals surface area contributed by atoms with Crippen molar-refractivity contribution in [3.05, 3.63) is 41.3 Å². The number of thiophene rings is 1. The molecular weight excluding hydrogens is 280 g/mol. The Bertz CT molecular complexity index is 817. The molecule has 0 aliphatic carbocycles. The molecule has 2 heterocycles. The summed E-state index contributed by atoms with van der Waals surface area (Å²) in [5, 5.41) is 23.1. The molecule has 5 heteroatoms. The average Bonchev–Trinajstić information content (AvgIpc) is 3.01. The maximum atomic E-state index is 8.97. The predicted molar refractivity (Wildman–Crippen MR) is 86.3 cm³/mol. The topological polar surface area (TPSA) is 61.6 Å². The van der Waals surface area contributed by atoms with E-state index in [9.17, 15) is 0 Å². The van der Waals surface area contributed by atoms with Crippen LogP contribution in [0.15, 0.2) is 36.4 Å². The molecule has 0 bridgehead atoms. The summed E-state index contributed by atoms with van der Waals surface area (Å²) in [6, 6.07) is 14.0. The summed E-state index contributed by atoms with van der Waals surface area (Å²) in [6.07, 6.45) is 1.04. The van der Waals surface area contributed by atoms with Crippen molar-refractivity contribution in [1.82, 2.24) is 10.2 Å². The zero-order valence-electron chi connectivity index (χ0n) is 11.6. The Kier molecular flexibility index (Phi) is 3.80. The van der Waals surface area contributed by atoms with Gasteiger partial charge < -0.3 is 5.32 Å². The molecule has 1 N–H and O–H groups in total. The van der Waals surface area contributed by atoms with Gasteiger partial charge in [-0.2, -0.15) is 5.26 Å². The van der Waals surface area contributed by atoms with Gasteiger partial charge in [-0.05, 0) is 18.6 Å². The quantitative estimate of drug-likeness (QED) is 0.788. The minimum atomic E-state index is 0.684. The van der Waals surface area contributed by atoms with Crippen LogP contribution in [0.3, 0.4) is 0 Å². The number of nitriles is 1. The fourth-order valence-corrected chi connectivity index (χ4v) is 2.99. The minimum Gasteiger partial charge on any atom is -0.368 e. The molecule has 0 spiro atoms. The molecule has 0 atom stereocenters. The van der Waals surface area contributed by atoms with E-state index in [1.54, 1.807) is 0 Å². The lowest BCUT2D eigenvalue weighted by atomic mass is 10.1. The number of hydrogen-bond donors (Lipinski definition) is 1. The van der Waals surface area contributed by atoms with Crippen molar-refractivity contribution in [2.24, 2.45) is 0 Å². The third-order valence-electron chi connectivity index (χ3n) is 3.18. The van der Waals surface area contributed by atoms with Gasteiger partial charge >= 0.3 is 0 Å². The van der Waals surface area contributed by atoms with E-state index < -0.39 is 0 Å². The van der Waals surface area contributed by atoms with Crippen molar-refractivity contribution >= 4 is 27.9 Å². The molecule has 0 fully saturated rings. The molecule has 1 aromatic carbocycles. The molecule has 3 rings (SSSR count). The van der Waals surface area contributed by atoms with Crippen molar-refractivity contribution in [3.8, 4) is 16.6 Å². The van der Waals surface area contributed by atoms with Crippen LogP contribution < -0.4 is 5.32 Å². The molecule has 0 saturated carbocycles. The zero-order chi connectivity index (χ0) is 14.7. The first-order chi connectivity index (χ1) is 10.3. The fraction of sp³-hybridized carbons (Fsp3) is 0.188. The van der Waals surface area contributed by atoms with Gasteiger partial charge in [0.05, 0.1) is 4.88 Å². The van der Waals surface area contributed by atoms with Gasteiger partial charge in [0.1, 0.15) is 16.6 Å². The molecule has 0 unspecified atom stereocenters. The Morgan fingerprint density at radius 2 is 1.95 bits per heavy atom. The number of fused-ring (bicyclic) bond motifs is 1. The molecular formula is C16H14N4S. The molecule has 0 aliphatic heterocycles. The highest BCUT2D eigenvalue weighted by Crippen LogP contribution is 2.33. The monoisotopic (exact) mass is 294 g/mol. The van der Waals surface area contributed by atoms with Crippen LogP contribution in [-0.2, 0) is 0 Å². The van der Waals surface area contributed by atoms with E-state index in [0.29, 0.717) is 4.88 Å². The van der Waals surface area contributed by atoms with Crippen LogP contribution in [0, 0.1) is 11.3 Å².